The van der Waals surface area contributed by atoms with Crippen molar-refractivity contribution < 1.29 is 10.3 Å². The Hall–Kier alpha value is -0.480. The molecule has 0 unspecified atom stereocenters. The van der Waals surface area contributed by atoms with E-state index in [1.165, 1.54) is 12.1 Å². The number of benzene rings is 1. The van der Waals surface area contributed by atoms with Gasteiger partial charge in [-0.05, 0) is 12.1 Å². The van der Waals surface area contributed by atoms with Crippen LogP contribution in [0.25, 0.3) is 0 Å². The van der Waals surface area contributed by atoms with E-state index in [0.29, 0.717) is 15.6 Å². The number of halogens is 2. The Morgan fingerprint density at radius 3 is 2.17 bits per heavy atom. The first-order valence-corrected chi connectivity index (χ1v) is 3.94. The number of hydroxylamine groups is 1. The predicted octanol–water partition coefficient (Wildman–Crippen LogP) is 2.18. The van der Waals surface area contributed by atoms with Gasteiger partial charge < -0.3 is 10.3 Å². The van der Waals surface area contributed by atoms with Crippen LogP contribution in [0.5, 0.6) is 5.75 Å². The van der Waals surface area contributed by atoms with Gasteiger partial charge in [0.2, 0.25) is 0 Å². The Balaban J connectivity index is 3.10. The normalized spacial score (nSPS) is 10.2. The van der Waals surface area contributed by atoms with Gasteiger partial charge in [-0.15, -0.1) is 0 Å². The summed E-state index contributed by atoms with van der Waals surface area (Å²) in [6.07, 6.45) is 0. The number of phenolic OH excluding ortho intramolecular Hbond substituents is 1. The lowest BCUT2D eigenvalue weighted by Gasteiger charge is -2.05. The summed E-state index contributed by atoms with van der Waals surface area (Å²) in [5, 5.41) is 18.1. The largest absolute Gasteiger partial charge is 0.508 e. The average Bonchev–Trinajstić information content (AvgIpc) is 1.96. The molecule has 0 aliphatic heterocycles. The van der Waals surface area contributed by atoms with Gasteiger partial charge in [-0.2, -0.15) is 0 Å². The number of nitrogens with one attached hydrogen (secondary N) is 1. The number of hydrogen-bond acceptors (Lipinski definition) is 3. The second-order valence-corrected chi connectivity index (χ2v) is 3.04. The molecule has 0 heterocycles. The van der Waals surface area contributed by atoms with E-state index in [4.69, 9.17) is 33.5 Å². The highest BCUT2D eigenvalue weighted by molar-refractivity contribution is 6.36. The first-order chi connectivity index (χ1) is 5.65. The van der Waals surface area contributed by atoms with Crippen molar-refractivity contribution in [1.82, 2.24) is 5.48 Å². The topological polar surface area (TPSA) is 52.5 Å². The standard InChI is InChI=1S/C7H7Cl2NO2/c8-6-1-4(11)2-7(9)5(6)3-10-12/h1-2,10-12H,3H2. The van der Waals surface area contributed by atoms with Crippen LogP contribution in [0.15, 0.2) is 12.1 Å². The summed E-state index contributed by atoms with van der Waals surface area (Å²) < 4.78 is 0. The molecule has 1 rings (SSSR count). The van der Waals surface area contributed by atoms with Crippen molar-refractivity contribution in [3.05, 3.63) is 27.7 Å². The van der Waals surface area contributed by atoms with Gasteiger partial charge in [0, 0.05) is 12.1 Å². The summed E-state index contributed by atoms with van der Waals surface area (Å²) in [4.78, 5) is 0. The second kappa shape index (κ2) is 3.96. The van der Waals surface area contributed by atoms with Crippen molar-refractivity contribution in [2.75, 3.05) is 0 Å². The zero-order chi connectivity index (χ0) is 9.14. The molecule has 3 N–H and O–H groups in total. The number of aromatic hydroxyl groups is 1. The molecule has 0 atom stereocenters. The van der Waals surface area contributed by atoms with Crippen LogP contribution in [0.2, 0.25) is 10.0 Å². The summed E-state index contributed by atoms with van der Waals surface area (Å²) in [5.41, 5.74) is 2.49. The zero-order valence-electron chi connectivity index (χ0n) is 6.01. The summed E-state index contributed by atoms with van der Waals surface area (Å²) in [6, 6.07) is 2.72. The molecule has 0 bridgehead atoms. The SMILES string of the molecule is ONCc1c(Cl)cc(O)cc1Cl. The van der Waals surface area contributed by atoms with Gasteiger partial charge in [-0.3, -0.25) is 0 Å². The van der Waals surface area contributed by atoms with Crippen LogP contribution < -0.4 is 5.48 Å². The van der Waals surface area contributed by atoms with E-state index in [1.54, 1.807) is 0 Å². The molecule has 66 valence electrons. The molecule has 1 aromatic carbocycles. The molecule has 0 saturated carbocycles. The van der Waals surface area contributed by atoms with Crippen LogP contribution in [0.1, 0.15) is 5.56 Å². The fourth-order valence-electron chi connectivity index (χ4n) is 0.838. The average molecular weight is 208 g/mol. The van der Waals surface area contributed by atoms with Gasteiger partial charge in [0.05, 0.1) is 10.0 Å². The van der Waals surface area contributed by atoms with Crippen molar-refractivity contribution >= 4 is 23.2 Å². The fourth-order valence-corrected chi connectivity index (χ4v) is 1.45. The first kappa shape index (κ1) is 9.61. The van der Waals surface area contributed by atoms with E-state index in [-0.39, 0.29) is 12.3 Å². The maximum absolute atomic E-state index is 9.03. The van der Waals surface area contributed by atoms with E-state index in [2.05, 4.69) is 0 Å². The molecule has 0 aromatic heterocycles. The summed E-state index contributed by atoms with van der Waals surface area (Å²) >= 11 is 11.4. The molecule has 0 aliphatic rings. The molecule has 0 spiro atoms. The third kappa shape index (κ3) is 2.01. The molecule has 0 saturated heterocycles. The Kier molecular flexibility index (Phi) is 3.17. The van der Waals surface area contributed by atoms with Crippen LogP contribution in [-0.2, 0) is 6.54 Å². The lowest BCUT2D eigenvalue weighted by atomic mass is 10.2. The Morgan fingerprint density at radius 1 is 1.25 bits per heavy atom. The molecule has 0 aliphatic carbocycles. The number of hydrogen-bond donors (Lipinski definition) is 3. The van der Waals surface area contributed by atoms with Crippen LogP contribution in [0, 0.1) is 0 Å². The smallest absolute Gasteiger partial charge is 0.118 e. The maximum Gasteiger partial charge on any atom is 0.118 e. The van der Waals surface area contributed by atoms with Gasteiger partial charge in [0.15, 0.2) is 0 Å². The summed E-state index contributed by atoms with van der Waals surface area (Å²) in [7, 11) is 0. The van der Waals surface area contributed by atoms with Gasteiger partial charge in [-0.1, -0.05) is 23.2 Å². The van der Waals surface area contributed by atoms with E-state index < -0.39 is 0 Å². The lowest BCUT2D eigenvalue weighted by molar-refractivity contribution is 0.161. The van der Waals surface area contributed by atoms with Gasteiger partial charge in [0.1, 0.15) is 5.75 Å². The van der Waals surface area contributed by atoms with Crippen LogP contribution in [0.4, 0.5) is 0 Å². The molecular formula is C7H7Cl2NO2. The number of phenols is 1. The highest BCUT2D eigenvalue weighted by atomic mass is 35.5. The van der Waals surface area contributed by atoms with Crippen LogP contribution >= 0.6 is 23.2 Å². The van der Waals surface area contributed by atoms with Crippen molar-refractivity contribution in [2.24, 2.45) is 0 Å². The second-order valence-electron chi connectivity index (χ2n) is 2.22. The van der Waals surface area contributed by atoms with Crippen molar-refractivity contribution in [3.8, 4) is 5.75 Å². The van der Waals surface area contributed by atoms with Crippen LogP contribution in [-0.4, -0.2) is 10.3 Å². The minimum Gasteiger partial charge on any atom is -0.508 e. The highest BCUT2D eigenvalue weighted by Crippen LogP contribution is 2.29. The third-order valence-electron chi connectivity index (χ3n) is 1.38. The summed E-state index contributed by atoms with van der Waals surface area (Å²) in [6.45, 7) is 0.151. The van der Waals surface area contributed by atoms with E-state index >= 15 is 0 Å². The molecule has 5 heteroatoms. The molecule has 0 fully saturated rings. The van der Waals surface area contributed by atoms with Crippen molar-refractivity contribution in [3.63, 3.8) is 0 Å². The quantitative estimate of drug-likeness (QED) is 0.653. The highest BCUT2D eigenvalue weighted by Gasteiger charge is 2.06. The molecule has 12 heavy (non-hydrogen) atoms. The van der Waals surface area contributed by atoms with E-state index in [9.17, 15) is 0 Å². The maximum atomic E-state index is 9.03. The van der Waals surface area contributed by atoms with Crippen molar-refractivity contribution in [1.29, 1.82) is 0 Å². The van der Waals surface area contributed by atoms with Gasteiger partial charge in [-0.25, -0.2) is 5.48 Å². The monoisotopic (exact) mass is 207 g/mol. The Bertz CT molecular complexity index is 268. The lowest BCUT2D eigenvalue weighted by Crippen LogP contribution is -2.06. The molecule has 0 amide bonds. The zero-order valence-corrected chi connectivity index (χ0v) is 7.52. The van der Waals surface area contributed by atoms with E-state index in [0.717, 1.165) is 0 Å². The fraction of sp³-hybridized carbons (Fsp3) is 0.143. The Morgan fingerprint density at radius 2 is 1.75 bits per heavy atom. The van der Waals surface area contributed by atoms with Crippen molar-refractivity contribution in [2.45, 2.75) is 6.54 Å². The molecule has 0 radical (unpaired) electrons. The Labute approximate surface area is 79.5 Å². The van der Waals surface area contributed by atoms with Gasteiger partial charge >= 0.3 is 0 Å². The third-order valence-corrected chi connectivity index (χ3v) is 2.06. The summed E-state index contributed by atoms with van der Waals surface area (Å²) in [5.74, 6) is 0.00619. The van der Waals surface area contributed by atoms with E-state index in [1.807, 2.05) is 5.48 Å². The first-order valence-electron chi connectivity index (χ1n) is 3.19. The van der Waals surface area contributed by atoms with Gasteiger partial charge in [0.25, 0.3) is 0 Å². The predicted molar refractivity (Wildman–Crippen MR) is 46.8 cm³/mol. The molecular weight excluding hydrogens is 201 g/mol. The minimum absolute atomic E-state index is 0.00619. The molecule has 3 nitrogen and oxygen atoms in total. The van der Waals surface area contributed by atoms with Crippen LogP contribution in [0.3, 0.4) is 0 Å². The number of rotatable bonds is 2. The minimum atomic E-state index is 0.00619. The molecule has 1 aromatic rings.